The van der Waals surface area contributed by atoms with Crippen LogP contribution in [0.25, 0.3) is 0 Å². The van der Waals surface area contributed by atoms with E-state index in [0.717, 1.165) is 42.6 Å². The first-order valence-corrected chi connectivity index (χ1v) is 6.97. The average molecular weight is 349 g/mol. The van der Waals surface area contributed by atoms with E-state index in [1.807, 2.05) is 24.3 Å². The molecule has 1 amide bonds. The Morgan fingerprint density at radius 3 is 2.84 bits per heavy atom. The molecular formula is C13H19BrClN3O. The summed E-state index contributed by atoms with van der Waals surface area (Å²) in [7, 11) is 0. The van der Waals surface area contributed by atoms with Crippen LogP contribution in [0.3, 0.4) is 0 Å². The number of nitrogens with two attached hydrogens (primary N) is 1. The summed E-state index contributed by atoms with van der Waals surface area (Å²) < 4.78 is 0.971. The lowest BCUT2D eigenvalue weighted by Gasteiger charge is -2.28. The summed E-state index contributed by atoms with van der Waals surface area (Å²) in [5.41, 5.74) is 6.54. The molecule has 0 radical (unpaired) electrons. The molecule has 106 valence electrons. The quantitative estimate of drug-likeness (QED) is 0.874. The van der Waals surface area contributed by atoms with E-state index in [1.54, 1.807) is 0 Å². The molecule has 1 aliphatic rings. The van der Waals surface area contributed by atoms with Gasteiger partial charge in [0, 0.05) is 24.1 Å². The van der Waals surface area contributed by atoms with E-state index in [9.17, 15) is 4.79 Å². The van der Waals surface area contributed by atoms with Crippen molar-refractivity contribution in [1.82, 2.24) is 10.2 Å². The first-order chi connectivity index (χ1) is 8.68. The molecule has 19 heavy (non-hydrogen) atoms. The predicted octanol–water partition coefficient (Wildman–Crippen LogP) is 1.69. The van der Waals surface area contributed by atoms with Crippen molar-refractivity contribution < 1.29 is 4.79 Å². The van der Waals surface area contributed by atoms with Crippen molar-refractivity contribution in [1.29, 1.82) is 0 Å². The fourth-order valence-corrected chi connectivity index (χ4v) is 2.77. The van der Waals surface area contributed by atoms with Crippen molar-refractivity contribution in [3.8, 4) is 0 Å². The third-order valence-corrected chi connectivity index (χ3v) is 3.67. The standard InChI is InChI=1S/C13H18BrN3O.ClH/c14-11-4-1-3-10(9-11)12(13(15)18)17-7-2-5-16-6-8-17;/h1,3-4,9,12,16H,2,5-8H2,(H2,15,18);1H. The summed E-state index contributed by atoms with van der Waals surface area (Å²) in [6.45, 7) is 3.64. The molecule has 1 aromatic carbocycles. The number of primary amides is 1. The second-order valence-electron chi connectivity index (χ2n) is 4.50. The highest BCUT2D eigenvalue weighted by Crippen LogP contribution is 2.24. The van der Waals surface area contributed by atoms with E-state index in [2.05, 4.69) is 26.1 Å². The fourth-order valence-electron chi connectivity index (χ4n) is 2.36. The van der Waals surface area contributed by atoms with Crippen LogP contribution in [0.15, 0.2) is 28.7 Å². The van der Waals surface area contributed by atoms with E-state index in [1.165, 1.54) is 0 Å². The second kappa shape index (κ2) is 7.85. The van der Waals surface area contributed by atoms with Gasteiger partial charge in [-0.1, -0.05) is 28.1 Å². The van der Waals surface area contributed by atoms with E-state index < -0.39 is 0 Å². The van der Waals surface area contributed by atoms with Crippen LogP contribution in [0.4, 0.5) is 0 Å². The van der Waals surface area contributed by atoms with Crippen molar-refractivity contribution >= 4 is 34.2 Å². The molecular weight excluding hydrogens is 330 g/mol. The second-order valence-corrected chi connectivity index (χ2v) is 5.42. The van der Waals surface area contributed by atoms with Crippen molar-refractivity contribution in [2.45, 2.75) is 12.5 Å². The third kappa shape index (κ3) is 4.45. The third-order valence-electron chi connectivity index (χ3n) is 3.17. The molecule has 3 N–H and O–H groups in total. The molecule has 0 aromatic heterocycles. The molecule has 1 unspecified atom stereocenters. The van der Waals surface area contributed by atoms with E-state index >= 15 is 0 Å². The number of rotatable bonds is 3. The van der Waals surface area contributed by atoms with Crippen molar-refractivity contribution in [2.24, 2.45) is 5.73 Å². The zero-order valence-corrected chi connectivity index (χ0v) is 13.0. The lowest BCUT2D eigenvalue weighted by atomic mass is 10.0. The lowest BCUT2D eigenvalue weighted by Crippen LogP contribution is -2.39. The van der Waals surface area contributed by atoms with Gasteiger partial charge >= 0.3 is 0 Å². The molecule has 1 atom stereocenters. The molecule has 4 nitrogen and oxygen atoms in total. The van der Waals surface area contributed by atoms with E-state index in [-0.39, 0.29) is 24.4 Å². The van der Waals surface area contributed by atoms with Crippen LogP contribution in [0.2, 0.25) is 0 Å². The maximum atomic E-state index is 11.8. The SMILES string of the molecule is Cl.NC(=O)C(c1cccc(Br)c1)N1CCCNCC1. The van der Waals surface area contributed by atoms with Gasteiger partial charge in [-0.25, -0.2) is 0 Å². The summed E-state index contributed by atoms with van der Waals surface area (Å²) in [6, 6.07) is 7.48. The summed E-state index contributed by atoms with van der Waals surface area (Å²) >= 11 is 3.44. The smallest absolute Gasteiger partial charge is 0.239 e. The van der Waals surface area contributed by atoms with Gasteiger partial charge in [-0.05, 0) is 30.7 Å². The van der Waals surface area contributed by atoms with Crippen molar-refractivity contribution in [3.63, 3.8) is 0 Å². The Kier molecular flexibility index (Phi) is 6.79. The van der Waals surface area contributed by atoms with Gasteiger partial charge in [-0.3, -0.25) is 9.69 Å². The van der Waals surface area contributed by atoms with Crippen molar-refractivity contribution in [2.75, 3.05) is 26.2 Å². The number of nitrogens with zero attached hydrogens (tertiary/aromatic N) is 1. The molecule has 6 heteroatoms. The molecule has 2 rings (SSSR count). The molecule has 0 bridgehead atoms. The summed E-state index contributed by atoms with van der Waals surface area (Å²) in [5.74, 6) is -0.282. The number of carbonyl (C=O) groups excluding carboxylic acids is 1. The van der Waals surface area contributed by atoms with E-state index in [4.69, 9.17) is 5.73 Å². The van der Waals surface area contributed by atoms with Gasteiger partial charge in [0.25, 0.3) is 0 Å². The Morgan fingerprint density at radius 1 is 1.37 bits per heavy atom. The maximum absolute atomic E-state index is 11.8. The zero-order chi connectivity index (χ0) is 13.0. The lowest BCUT2D eigenvalue weighted by molar-refractivity contribution is -0.123. The fraction of sp³-hybridized carbons (Fsp3) is 0.462. The molecule has 0 aliphatic carbocycles. The minimum Gasteiger partial charge on any atom is -0.368 e. The van der Waals surface area contributed by atoms with Gasteiger partial charge < -0.3 is 11.1 Å². The molecule has 0 spiro atoms. The molecule has 1 fully saturated rings. The number of hydrogen-bond acceptors (Lipinski definition) is 3. The number of carbonyl (C=O) groups is 1. The molecule has 1 aliphatic heterocycles. The summed E-state index contributed by atoms with van der Waals surface area (Å²) in [6.07, 6.45) is 1.04. The van der Waals surface area contributed by atoms with Crippen LogP contribution in [0, 0.1) is 0 Å². The first kappa shape index (κ1) is 16.4. The van der Waals surface area contributed by atoms with Crippen LogP contribution >= 0.6 is 28.3 Å². The van der Waals surface area contributed by atoms with Gasteiger partial charge in [0.1, 0.15) is 6.04 Å². The highest BCUT2D eigenvalue weighted by Gasteiger charge is 2.26. The maximum Gasteiger partial charge on any atom is 0.239 e. The Balaban J connectivity index is 0.00000180. The van der Waals surface area contributed by atoms with Crippen LogP contribution in [-0.2, 0) is 4.79 Å². The van der Waals surface area contributed by atoms with Crippen LogP contribution in [0.1, 0.15) is 18.0 Å². The number of halogens is 2. The van der Waals surface area contributed by atoms with Gasteiger partial charge in [0.15, 0.2) is 0 Å². The Hall–Kier alpha value is -0.620. The Labute approximate surface area is 128 Å². The predicted molar refractivity (Wildman–Crippen MR) is 82.4 cm³/mol. The Morgan fingerprint density at radius 2 is 2.16 bits per heavy atom. The van der Waals surface area contributed by atoms with Crippen molar-refractivity contribution in [3.05, 3.63) is 34.3 Å². The average Bonchev–Trinajstić information content (AvgIpc) is 2.58. The number of amides is 1. The summed E-state index contributed by atoms with van der Waals surface area (Å²) in [5, 5.41) is 3.33. The first-order valence-electron chi connectivity index (χ1n) is 6.18. The minimum atomic E-state index is -0.331. The van der Waals surface area contributed by atoms with Gasteiger partial charge in [0.05, 0.1) is 0 Å². The van der Waals surface area contributed by atoms with Crippen LogP contribution in [0.5, 0.6) is 0 Å². The minimum absolute atomic E-state index is 0. The molecule has 1 saturated heterocycles. The van der Waals surface area contributed by atoms with E-state index in [0.29, 0.717) is 0 Å². The van der Waals surface area contributed by atoms with Gasteiger partial charge in [-0.2, -0.15) is 0 Å². The van der Waals surface area contributed by atoms with Gasteiger partial charge in [0.2, 0.25) is 5.91 Å². The normalized spacial score (nSPS) is 18.2. The highest BCUT2D eigenvalue weighted by atomic mass is 79.9. The molecule has 1 heterocycles. The Bertz CT molecular complexity index is 422. The number of hydrogen-bond donors (Lipinski definition) is 2. The number of nitrogens with one attached hydrogen (secondary N) is 1. The molecule has 0 saturated carbocycles. The topological polar surface area (TPSA) is 58.4 Å². The summed E-state index contributed by atoms with van der Waals surface area (Å²) in [4.78, 5) is 13.9. The molecule has 1 aromatic rings. The van der Waals surface area contributed by atoms with Crippen LogP contribution in [-0.4, -0.2) is 37.0 Å². The van der Waals surface area contributed by atoms with Crippen LogP contribution < -0.4 is 11.1 Å². The zero-order valence-electron chi connectivity index (χ0n) is 10.6. The number of benzene rings is 1. The van der Waals surface area contributed by atoms with Gasteiger partial charge in [-0.15, -0.1) is 12.4 Å². The monoisotopic (exact) mass is 347 g/mol. The highest BCUT2D eigenvalue weighted by molar-refractivity contribution is 9.10. The largest absolute Gasteiger partial charge is 0.368 e.